The average molecular weight is 401 g/mol. The highest BCUT2D eigenvalue weighted by Crippen LogP contribution is 2.27. The van der Waals surface area contributed by atoms with Crippen molar-refractivity contribution in [2.75, 3.05) is 49.5 Å². The predicted molar refractivity (Wildman–Crippen MR) is 116 cm³/mol. The van der Waals surface area contributed by atoms with E-state index in [0.29, 0.717) is 18.0 Å². The highest BCUT2D eigenvalue weighted by molar-refractivity contribution is 5.79. The van der Waals surface area contributed by atoms with Crippen molar-refractivity contribution in [2.24, 2.45) is 5.92 Å². The molecular weight excluding hydrogens is 364 g/mol. The number of piperidine rings is 2. The molecule has 1 N–H and O–H groups in total. The van der Waals surface area contributed by atoms with Crippen LogP contribution in [0.15, 0.2) is 12.4 Å². The van der Waals surface area contributed by atoms with Crippen LogP contribution in [0.1, 0.15) is 52.4 Å². The van der Waals surface area contributed by atoms with Crippen LogP contribution in [0.3, 0.4) is 0 Å². The lowest BCUT2D eigenvalue weighted by Gasteiger charge is -2.42. The summed E-state index contributed by atoms with van der Waals surface area (Å²) in [4.78, 5) is 28.8. The van der Waals surface area contributed by atoms with E-state index < -0.39 is 0 Å². The molecule has 3 aliphatic heterocycles. The van der Waals surface area contributed by atoms with E-state index in [9.17, 15) is 4.79 Å². The van der Waals surface area contributed by atoms with Crippen LogP contribution in [0.25, 0.3) is 0 Å². The molecule has 1 atom stereocenters. The van der Waals surface area contributed by atoms with Gasteiger partial charge in [-0.05, 0) is 58.9 Å². The highest BCUT2D eigenvalue weighted by atomic mass is 16.2. The first kappa shape index (κ1) is 20.4. The van der Waals surface area contributed by atoms with E-state index in [1.54, 1.807) is 6.33 Å². The van der Waals surface area contributed by atoms with Gasteiger partial charge in [-0.15, -0.1) is 0 Å². The number of likely N-dealkylation sites (tertiary alicyclic amines) is 2. The molecule has 0 spiro atoms. The Kier molecular flexibility index (Phi) is 6.53. The molecule has 0 aromatic carbocycles. The van der Waals surface area contributed by atoms with E-state index in [2.05, 4.69) is 49.9 Å². The SMILES string of the molecule is CC(C)Nc1cc(N2CCC(N3CCC[C@H](C(=O)N4CCCC4)C3)CC2)ncn1. The van der Waals surface area contributed by atoms with Crippen molar-refractivity contribution in [1.82, 2.24) is 19.8 Å². The molecule has 0 saturated carbocycles. The monoisotopic (exact) mass is 400 g/mol. The molecule has 4 rings (SSSR count). The fourth-order valence-corrected chi connectivity index (χ4v) is 5.09. The van der Waals surface area contributed by atoms with Crippen LogP contribution in [0.5, 0.6) is 0 Å². The van der Waals surface area contributed by atoms with Gasteiger partial charge in [0.25, 0.3) is 0 Å². The summed E-state index contributed by atoms with van der Waals surface area (Å²) in [6.07, 6.45) is 8.52. The number of carbonyl (C=O) groups excluding carboxylic acids is 1. The van der Waals surface area contributed by atoms with Crippen molar-refractivity contribution in [1.29, 1.82) is 0 Å². The van der Waals surface area contributed by atoms with Gasteiger partial charge in [-0.3, -0.25) is 9.69 Å². The first-order chi connectivity index (χ1) is 14.1. The van der Waals surface area contributed by atoms with Crippen molar-refractivity contribution < 1.29 is 4.79 Å². The minimum absolute atomic E-state index is 0.214. The number of amides is 1. The smallest absolute Gasteiger partial charge is 0.226 e. The molecule has 0 unspecified atom stereocenters. The fraction of sp³-hybridized carbons (Fsp3) is 0.773. The molecule has 1 amide bonds. The Labute approximate surface area is 174 Å². The number of hydrogen-bond donors (Lipinski definition) is 1. The second-order valence-electron chi connectivity index (χ2n) is 9.15. The van der Waals surface area contributed by atoms with Crippen LogP contribution in [-0.4, -0.2) is 77.0 Å². The number of rotatable bonds is 5. The van der Waals surface area contributed by atoms with E-state index in [4.69, 9.17) is 0 Å². The zero-order chi connectivity index (χ0) is 20.2. The fourth-order valence-electron chi connectivity index (χ4n) is 5.09. The van der Waals surface area contributed by atoms with E-state index >= 15 is 0 Å². The normalized spacial score (nSPS) is 24.3. The molecule has 160 valence electrons. The summed E-state index contributed by atoms with van der Waals surface area (Å²) in [6, 6.07) is 3.01. The lowest BCUT2D eigenvalue weighted by molar-refractivity contribution is -0.136. The number of anilines is 2. The van der Waals surface area contributed by atoms with Gasteiger partial charge in [0.2, 0.25) is 5.91 Å². The Morgan fingerprint density at radius 1 is 1.03 bits per heavy atom. The molecule has 0 bridgehead atoms. The minimum Gasteiger partial charge on any atom is -0.368 e. The van der Waals surface area contributed by atoms with Gasteiger partial charge in [-0.2, -0.15) is 0 Å². The summed E-state index contributed by atoms with van der Waals surface area (Å²) in [5.41, 5.74) is 0. The van der Waals surface area contributed by atoms with Gasteiger partial charge >= 0.3 is 0 Å². The lowest BCUT2D eigenvalue weighted by atomic mass is 9.93. The largest absolute Gasteiger partial charge is 0.368 e. The summed E-state index contributed by atoms with van der Waals surface area (Å²) in [6.45, 7) is 10.3. The maximum atomic E-state index is 12.8. The average Bonchev–Trinajstić information content (AvgIpc) is 3.28. The third kappa shape index (κ3) is 5.00. The third-order valence-electron chi connectivity index (χ3n) is 6.61. The molecule has 7 heteroatoms. The Balaban J connectivity index is 1.30. The first-order valence-electron chi connectivity index (χ1n) is 11.5. The number of nitrogens with one attached hydrogen (secondary N) is 1. The molecule has 3 saturated heterocycles. The Bertz CT molecular complexity index is 682. The molecule has 1 aromatic heterocycles. The van der Waals surface area contributed by atoms with Crippen LogP contribution < -0.4 is 10.2 Å². The van der Waals surface area contributed by atoms with E-state index in [1.807, 2.05) is 0 Å². The van der Waals surface area contributed by atoms with E-state index in [1.165, 1.54) is 12.8 Å². The topological polar surface area (TPSA) is 64.6 Å². The van der Waals surface area contributed by atoms with Crippen LogP contribution >= 0.6 is 0 Å². The number of hydrogen-bond acceptors (Lipinski definition) is 6. The van der Waals surface area contributed by atoms with Gasteiger partial charge in [0, 0.05) is 50.9 Å². The van der Waals surface area contributed by atoms with Crippen LogP contribution in [0.4, 0.5) is 11.6 Å². The molecule has 3 aliphatic rings. The Hall–Kier alpha value is -1.89. The number of aromatic nitrogens is 2. The van der Waals surface area contributed by atoms with Gasteiger partial charge in [-0.25, -0.2) is 9.97 Å². The van der Waals surface area contributed by atoms with Crippen molar-refractivity contribution in [3.63, 3.8) is 0 Å². The van der Waals surface area contributed by atoms with Crippen molar-refractivity contribution in [2.45, 2.75) is 64.5 Å². The molecule has 3 fully saturated rings. The molecule has 0 aliphatic carbocycles. The van der Waals surface area contributed by atoms with Crippen LogP contribution in [-0.2, 0) is 4.79 Å². The summed E-state index contributed by atoms with van der Waals surface area (Å²) in [5.74, 6) is 2.54. The second-order valence-corrected chi connectivity index (χ2v) is 9.15. The summed E-state index contributed by atoms with van der Waals surface area (Å²) < 4.78 is 0. The predicted octanol–water partition coefficient (Wildman–Crippen LogP) is 2.60. The molecule has 0 radical (unpaired) electrons. The Morgan fingerprint density at radius 2 is 1.79 bits per heavy atom. The highest BCUT2D eigenvalue weighted by Gasteiger charge is 2.34. The lowest BCUT2D eigenvalue weighted by Crippen LogP contribution is -2.51. The zero-order valence-corrected chi connectivity index (χ0v) is 18.0. The zero-order valence-electron chi connectivity index (χ0n) is 18.0. The standard InChI is InChI=1S/C22H36N6O/c1-17(2)25-20-14-21(24-16-23-20)26-12-7-19(8-13-26)28-11-5-6-18(15-28)22(29)27-9-3-4-10-27/h14,16-19H,3-13,15H2,1-2H3,(H,23,24,25)/t18-/m0/s1. The number of nitrogens with zero attached hydrogens (tertiary/aromatic N) is 5. The van der Waals surface area contributed by atoms with Gasteiger partial charge in [0.05, 0.1) is 5.92 Å². The first-order valence-corrected chi connectivity index (χ1v) is 11.5. The maximum Gasteiger partial charge on any atom is 0.226 e. The van der Waals surface area contributed by atoms with Gasteiger partial charge < -0.3 is 15.1 Å². The quantitative estimate of drug-likeness (QED) is 0.820. The van der Waals surface area contributed by atoms with E-state index in [0.717, 1.165) is 76.6 Å². The summed E-state index contributed by atoms with van der Waals surface area (Å²) in [5, 5.41) is 3.36. The molecule has 7 nitrogen and oxygen atoms in total. The molecule has 4 heterocycles. The third-order valence-corrected chi connectivity index (χ3v) is 6.61. The van der Waals surface area contributed by atoms with Gasteiger partial charge in [-0.1, -0.05) is 0 Å². The second kappa shape index (κ2) is 9.28. The summed E-state index contributed by atoms with van der Waals surface area (Å²) >= 11 is 0. The minimum atomic E-state index is 0.214. The van der Waals surface area contributed by atoms with Crippen LogP contribution in [0.2, 0.25) is 0 Å². The molecular formula is C22H36N6O. The van der Waals surface area contributed by atoms with Crippen molar-refractivity contribution in [3.05, 3.63) is 12.4 Å². The van der Waals surface area contributed by atoms with Crippen molar-refractivity contribution in [3.8, 4) is 0 Å². The van der Waals surface area contributed by atoms with Crippen LogP contribution in [0, 0.1) is 5.92 Å². The van der Waals surface area contributed by atoms with Gasteiger partial charge in [0.15, 0.2) is 0 Å². The number of carbonyl (C=O) groups is 1. The molecule has 29 heavy (non-hydrogen) atoms. The summed E-state index contributed by atoms with van der Waals surface area (Å²) in [7, 11) is 0. The maximum absolute atomic E-state index is 12.8. The Morgan fingerprint density at radius 3 is 2.52 bits per heavy atom. The molecule has 1 aromatic rings. The van der Waals surface area contributed by atoms with Gasteiger partial charge in [0.1, 0.15) is 18.0 Å². The van der Waals surface area contributed by atoms with Crippen molar-refractivity contribution >= 4 is 17.5 Å². The van der Waals surface area contributed by atoms with E-state index in [-0.39, 0.29) is 5.92 Å².